The highest BCUT2D eigenvalue weighted by atomic mass is 16.5. The Hall–Kier alpha value is -2.23. The van der Waals surface area contributed by atoms with Gasteiger partial charge >= 0.3 is 5.97 Å². The fourth-order valence-corrected chi connectivity index (χ4v) is 2.72. The molecule has 21 heavy (non-hydrogen) atoms. The van der Waals surface area contributed by atoms with Gasteiger partial charge in [-0.25, -0.2) is 9.78 Å². The molecular weight excluding hydrogens is 264 g/mol. The van der Waals surface area contributed by atoms with Crippen LogP contribution in [0.2, 0.25) is 0 Å². The van der Waals surface area contributed by atoms with Crippen LogP contribution in [0, 0.1) is 0 Å². The third-order valence-corrected chi connectivity index (χ3v) is 3.76. The fourth-order valence-electron chi connectivity index (χ4n) is 2.72. The normalized spacial score (nSPS) is 14.8. The Labute approximate surface area is 123 Å². The summed E-state index contributed by atoms with van der Waals surface area (Å²) in [5.41, 5.74) is 2.79. The Bertz CT molecular complexity index is 707. The number of allylic oxidation sites excluding steroid dienone is 2. The topological polar surface area (TPSA) is 52.1 Å². The van der Waals surface area contributed by atoms with Crippen LogP contribution in [-0.2, 0) is 4.74 Å². The molecule has 2 heterocycles. The number of fused-ring (bicyclic) bond motifs is 1. The zero-order valence-corrected chi connectivity index (χ0v) is 12.1. The van der Waals surface area contributed by atoms with Gasteiger partial charge in [-0.1, -0.05) is 6.08 Å². The van der Waals surface area contributed by atoms with Crippen LogP contribution in [0.3, 0.4) is 0 Å². The first-order chi connectivity index (χ1) is 10.3. The molecule has 4 nitrogen and oxygen atoms in total. The first-order valence-electron chi connectivity index (χ1n) is 7.40. The van der Waals surface area contributed by atoms with E-state index < -0.39 is 0 Å². The molecule has 2 aromatic rings. The van der Waals surface area contributed by atoms with E-state index in [-0.39, 0.29) is 5.97 Å². The average Bonchev–Trinajstić information content (AvgIpc) is 2.55. The Morgan fingerprint density at radius 1 is 1.29 bits per heavy atom. The lowest BCUT2D eigenvalue weighted by molar-refractivity contribution is 0.0520. The molecule has 0 bridgehead atoms. The van der Waals surface area contributed by atoms with Gasteiger partial charge in [-0.2, -0.15) is 0 Å². The van der Waals surface area contributed by atoms with Gasteiger partial charge in [0.15, 0.2) is 0 Å². The van der Waals surface area contributed by atoms with Crippen LogP contribution in [0.1, 0.15) is 48.7 Å². The van der Waals surface area contributed by atoms with Crippen LogP contribution < -0.4 is 0 Å². The minimum Gasteiger partial charge on any atom is -0.461 e. The summed E-state index contributed by atoms with van der Waals surface area (Å²) in [5.74, 6) is -0.375. The number of aromatic nitrogens is 2. The lowest BCUT2D eigenvalue weighted by Crippen LogP contribution is -2.07. The van der Waals surface area contributed by atoms with Gasteiger partial charge in [-0.05, 0) is 49.6 Å². The summed E-state index contributed by atoms with van der Waals surface area (Å²) in [4.78, 5) is 20.3. The molecule has 0 fully saturated rings. The van der Waals surface area contributed by atoms with Gasteiger partial charge in [-0.15, -0.1) is 0 Å². The lowest BCUT2D eigenvalue weighted by Gasteiger charge is -2.14. The second-order valence-electron chi connectivity index (χ2n) is 5.17. The number of ether oxygens (including phenoxy) is 1. The summed E-state index contributed by atoms with van der Waals surface area (Å²) >= 11 is 0. The Balaban J connectivity index is 2.09. The van der Waals surface area contributed by atoms with Crippen molar-refractivity contribution in [3.05, 3.63) is 42.0 Å². The maximum absolute atomic E-state index is 11.9. The number of carbonyl (C=O) groups is 1. The molecule has 0 unspecified atom stereocenters. The van der Waals surface area contributed by atoms with Crippen molar-refractivity contribution < 1.29 is 9.53 Å². The van der Waals surface area contributed by atoms with Crippen molar-refractivity contribution in [2.24, 2.45) is 0 Å². The molecule has 1 aliphatic rings. The van der Waals surface area contributed by atoms with Crippen molar-refractivity contribution in [3.8, 4) is 0 Å². The molecule has 0 spiro atoms. The molecule has 0 amide bonds. The molecule has 3 rings (SSSR count). The first kappa shape index (κ1) is 13.7. The van der Waals surface area contributed by atoms with E-state index in [1.54, 1.807) is 19.3 Å². The second kappa shape index (κ2) is 6.04. The average molecular weight is 282 g/mol. The van der Waals surface area contributed by atoms with Crippen molar-refractivity contribution in [1.29, 1.82) is 0 Å². The van der Waals surface area contributed by atoms with E-state index in [9.17, 15) is 4.79 Å². The Kier molecular flexibility index (Phi) is 3.95. The molecular formula is C17H18N2O2. The summed E-state index contributed by atoms with van der Waals surface area (Å²) in [6.45, 7) is 2.15. The number of pyridine rings is 2. The number of carbonyl (C=O) groups excluding carboxylic acids is 1. The number of esters is 1. The molecule has 2 aromatic heterocycles. The van der Waals surface area contributed by atoms with Crippen molar-refractivity contribution in [3.63, 3.8) is 0 Å². The summed E-state index contributed by atoms with van der Waals surface area (Å²) in [6.07, 6.45) is 12.3. The van der Waals surface area contributed by atoms with Crippen LogP contribution in [0.25, 0.3) is 16.3 Å². The van der Waals surface area contributed by atoms with Crippen molar-refractivity contribution in [2.45, 2.75) is 32.6 Å². The SMILES string of the molecule is CCOC(=O)c1cc2c(C3=CCCCC3)cncc2cn1. The van der Waals surface area contributed by atoms with Gasteiger partial charge in [0, 0.05) is 29.5 Å². The Morgan fingerprint density at radius 2 is 2.19 bits per heavy atom. The van der Waals surface area contributed by atoms with E-state index >= 15 is 0 Å². The standard InChI is InChI=1S/C17H18N2O2/c1-2-21-17(20)16-8-14-13(10-19-16)9-18-11-15(14)12-6-4-3-5-7-12/h6,8-11H,2-5,7H2,1H3. The highest BCUT2D eigenvalue weighted by Gasteiger charge is 2.14. The van der Waals surface area contributed by atoms with Gasteiger partial charge in [0.05, 0.1) is 6.61 Å². The van der Waals surface area contributed by atoms with E-state index in [0.717, 1.165) is 29.2 Å². The molecule has 0 aromatic carbocycles. The summed E-state index contributed by atoms with van der Waals surface area (Å²) < 4.78 is 5.03. The summed E-state index contributed by atoms with van der Waals surface area (Å²) in [7, 11) is 0. The Morgan fingerprint density at radius 3 is 2.95 bits per heavy atom. The van der Waals surface area contributed by atoms with E-state index in [2.05, 4.69) is 16.0 Å². The zero-order valence-electron chi connectivity index (χ0n) is 12.1. The molecule has 0 atom stereocenters. The lowest BCUT2D eigenvalue weighted by atomic mass is 9.92. The molecule has 108 valence electrons. The third-order valence-electron chi connectivity index (χ3n) is 3.76. The molecule has 0 radical (unpaired) electrons. The quantitative estimate of drug-likeness (QED) is 0.804. The molecule has 0 saturated carbocycles. The highest BCUT2D eigenvalue weighted by molar-refractivity contribution is 5.97. The van der Waals surface area contributed by atoms with Gasteiger partial charge in [0.25, 0.3) is 0 Å². The van der Waals surface area contributed by atoms with E-state index in [4.69, 9.17) is 4.74 Å². The largest absolute Gasteiger partial charge is 0.461 e. The molecule has 0 saturated heterocycles. The van der Waals surface area contributed by atoms with Crippen molar-refractivity contribution in [2.75, 3.05) is 6.61 Å². The molecule has 4 heteroatoms. The number of nitrogens with zero attached hydrogens (tertiary/aromatic N) is 2. The maximum atomic E-state index is 11.9. The van der Waals surface area contributed by atoms with E-state index in [0.29, 0.717) is 12.3 Å². The smallest absolute Gasteiger partial charge is 0.356 e. The van der Waals surface area contributed by atoms with Gasteiger partial charge in [0.1, 0.15) is 5.69 Å². The van der Waals surface area contributed by atoms with E-state index in [1.807, 2.05) is 12.3 Å². The molecule has 0 aliphatic heterocycles. The number of rotatable bonds is 3. The van der Waals surface area contributed by atoms with Gasteiger partial charge in [0.2, 0.25) is 0 Å². The van der Waals surface area contributed by atoms with E-state index in [1.165, 1.54) is 18.4 Å². The van der Waals surface area contributed by atoms with Crippen LogP contribution >= 0.6 is 0 Å². The monoisotopic (exact) mass is 282 g/mol. The van der Waals surface area contributed by atoms with Crippen molar-refractivity contribution >= 4 is 22.3 Å². The van der Waals surface area contributed by atoms with Gasteiger partial charge in [-0.3, -0.25) is 4.98 Å². The third kappa shape index (κ3) is 2.79. The van der Waals surface area contributed by atoms with Gasteiger partial charge < -0.3 is 4.74 Å². The summed E-state index contributed by atoms with van der Waals surface area (Å²) in [6, 6.07) is 1.82. The fraction of sp³-hybridized carbons (Fsp3) is 0.353. The van der Waals surface area contributed by atoms with Crippen LogP contribution in [0.5, 0.6) is 0 Å². The second-order valence-corrected chi connectivity index (χ2v) is 5.17. The molecule has 1 aliphatic carbocycles. The first-order valence-corrected chi connectivity index (χ1v) is 7.40. The maximum Gasteiger partial charge on any atom is 0.356 e. The minimum absolute atomic E-state index is 0.354. The summed E-state index contributed by atoms with van der Waals surface area (Å²) in [5, 5.41) is 1.98. The predicted octanol–water partition coefficient (Wildman–Crippen LogP) is 3.76. The zero-order chi connectivity index (χ0) is 14.7. The number of hydrogen-bond acceptors (Lipinski definition) is 4. The predicted molar refractivity (Wildman–Crippen MR) is 81.9 cm³/mol. The van der Waals surface area contributed by atoms with Crippen molar-refractivity contribution in [1.82, 2.24) is 9.97 Å². The highest BCUT2D eigenvalue weighted by Crippen LogP contribution is 2.31. The molecule has 0 N–H and O–H groups in total. The number of hydrogen-bond donors (Lipinski definition) is 0. The van der Waals surface area contributed by atoms with Crippen LogP contribution in [0.4, 0.5) is 0 Å². The van der Waals surface area contributed by atoms with Crippen LogP contribution in [0.15, 0.2) is 30.7 Å². The minimum atomic E-state index is -0.375. The van der Waals surface area contributed by atoms with Crippen LogP contribution in [-0.4, -0.2) is 22.5 Å².